The van der Waals surface area contributed by atoms with Crippen LogP contribution in [0.15, 0.2) is 12.5 Å². The number of rotatable bonds is 0. The van der Waals surface area contributed by atoms with Gasteiger partial charge >= 0.3 is 0 Å². The van der Waals surface area contributed by atoms with Crippen molar-refractivity contribution in [2.45, 2.75) is 31.3 Å². The van der Waals surface area contributed by atoms with Crippen LogP contribution in [0.1, 0.15) is 18.2 Å². The van der Waals surface area contributed by atoms with E-state index in [1.807, 2.05) is 0 Å². The van der Waals surface area contributed by atoms with Gasteiger partial charge in [-0.05, 0) is 0 Å². The van der Waals surface area contributed by atoms with Gasteiger partial charge in [0.15, 0.2) is 0 Å². The van der Waals surface area contributed by atoms with Crippen LogP contribution in [-0.2, 0) is 6.54 Å². The smallest absolute Gasteiger partial charge is 0.121 e. The number of aliphatic hydroxyl groups excluding tert-OH is 3. The summed E-state index contributed by atoms with van der Waals surface area (Å²) in [5.74, 6) is 0. The van der Waals surface area contributed by atoms with Gasteiger partial charge in [-0.2, -0.15) is 0 Å². The maximum atomic E-state index is 9.59. The first-order valence-corrected chi connectivity index (χ1v) is 4.22. The molecule has 3 N–H and O–H groups in total. The van der Waals surface area contributed by atoms with E-state index in [2.05, 4.69) is 4.98 Å². The van der Waals surface area contributed by atoms with E-state index in [0.29, 0.717) is 12.2 Å². The summed E-state index contributed by atoms with van der Waals surface area (Å²) in [5, 5.41) is 28.5. The summed E-state index contributed by atoms with van der Waals surface area (Å²) in [7, 11) is 0. The Morgan fingerprint density at radius 2 is 2.15 bits per heavy atom. The summed E-state index contributed by atoms with van der Waals surface area (Å²) in [6, 6.07) is 0. The molecule has 0 bridgehead atoms. The predicted octanol–water partition coefficient (Wildman–Crippen LogP) is -0.958. The Morgan fingerprint density at radius 3 is 2.92 bits per heavy atom. The van der Waals surface area contributed by atoms with Gasteiger partial charge in [-0.1, -0.05) is 0 Å². The van der Waals surface area contributed by atoms with Gasteiger partial charge in [-0.3, -0.25) is 0 Å². The number of hydrogen-bond donors (Lipinski definition) is 3. The third kappa shape index (κ3) is 1.46. The largest absolute Gasteiger partial charge is 0.391 e. The highest BCUT2D eigenvalue weighted by Gasteiger charge is 2.28. The van der Waals surface area contributed by atoms with Crippen LogP contribution in [0, 0.1) is 0 Å². The SMILES string of the molecule is O[C@@H]1C[C@@H](O)[C@@H](O)c2cncn2C1. The van der Waals surface area contributed by atoms with Crippen LogP contribution < -0.4 is 0 Å². The highest BCUT2D eigenvalue weighted by molar-refractivity contribution is 5.07. The lowest BCUT2D eigenvalue weighted by Gasteiger charge is -2.14. The van der Waals surface area contributed by atoms with Crippen molar-refractivity contribution in [1.29, 1.82) is 0 Å². The fraction of sp³-hybridized carbons (Fsp3) is 0.625. The van der Waals surface area contributed by atoms with E-state index in [-0.39, 0.29) is 6.42 Å². The summed E-state index contributed by atoms with van der Waals surface area (Å²) >= 11 is 0. The fourth-order valence-corrected chi connectivity index (χ4v) is 1.64. The Labute approximate surface area is 75.3 Å². The van der Waals surface area contributed by atoms with Crippen LogP contribution >= 0.6 is 0 Å². The van der Waals surface area contributed by atoms with Gasteiger partial charge in [0.05, 0.1) is 30.4 Å². The Kier molecular flexibility index (Phi) is 2.07. The average molecular weight is 184 g/mol. The van der Waals surface area contributed by atoms with Crippen LogP contribution in [0.5, 0.6) is 0 Å². The summed E-state index contributed by atoms with van der Waals surface area (Å²) in [6.07, 6.45) is 0.766. The number of hydrogen-bond acceptors (Lipinski definition) is 4. The maximum Gasteiger partial charge on any atom is 0.121 e. The summed E-state index contributed by atoms with van der Waals surface area (Å²) in [6.45, 7) is 0.378. The molecule has 0 saturated heterocycles. The van der Waals surface area contributed by atoms with Gasteiger partial charge in [0.2, 0.25) is 0 Å². The third-order valence-electron chi connectivity index (χ3n) is 2.33. The second-order valence-electron chi connectivity index (χ2n) is 3.37. The van der Waals surface area contributed by atoms with Crippen molar-refractivity contribution < 1.29 is 15.3 Å². The maximum absolute atomic E-state index is 9.59. The first-order valence-electron chi connectivity index (χ1n) is 4.22. The van der Waals surface area contributed by atoms with E-state index < -0.39 is 18.3 Å². The normalized spacial score (nSPS) is 33.9. The first kappa shape index (κ1) is 8.68. The van der Waals surface area contributed by atoms with Crippen molar-refractivity contribution in [3.8, 4) is 0 Å². The van der Waals surface area contributed by atoms with E-state index in [1.165, 1.54) is 6.20 Å². The number of imidazole rings is 1. The molecule has 5 nitrogen and oxygen atoms in total. The van der Waals surface area contributed by atoms with Gasteiger partial charge in [-0.15, -0.1) is 0 Å². The topological polar surface area (TPSA) is 78.5 Å². The van der Waals surface area contributed by atoms with Crippen LogP contribution in [0.4, 0.5) is 0 Å². The fourth-order valence-electron chi connectivity index (χ4n) is 1.64. The zero-order valence-electron chi connectivity index (χ0n) is 7.04. The van der Waals surface area contributed by atoms with Gasteiger partial charge in [0.25, 0.3) is 0 Å². The second-order valence-corrected chi connectivity index (χ2v) is 3.37. The molecule has 2 heterocycles. The average Bonchev–Trinajstić information content (AvgIpc) is 2.47. The van der Waals surface area contributed by atoms with Crippen LogP contribution in [-0.4, -0.2) is 37.1 Å². The summed E-state index contributed by atoms with van der Waals surface area (Å²) in [4.78, 5) is 3.85. The molecule has 0 fully saturated rings. The number of aliphatic hydroxyl groups is 3. The lowest BCUT2D eigenvalue weighted by atomic mass is 10.1. The summed E-state index contributed by atoms with van der Waals surface area (Å²) < 4.78 is 1.66. The minimum Gasteiger partial charge on any atom is -0.391 e. The molecule has 0 amide bonds. The molecule has 1 aliphatic heterocycles. The molecule has 2 rings (SSSR count). The molecular formula is C8H12N2O3. The molecule has 1 aromatic rings. The first-order chi connectivity index (χ1) is 6.18. The monoisotopic (exact) mass is 184 g/mol. The molecule has 0 unspecified atom stereocenters. The van der Waals surface area contributed by atoms with E-state index in [4.69, 9.17) is 0 Å². The van der Waals surface area contributed by atoms with E-state index >= 15 is 0 Å². The van der Waals surface area contributed by atoms with Crippen molar-refractivity contribution in [3.63, 3.8) is 0 Å². The Morgan fingerprint density at radius 1 is 1.38 bits per heavy atom. The third-order valence-corrected chi connectivity index (χ3v) is 2.33. The minimum atomic E-state index is -0.945. The molecule has 3 atom stereocenters. The van der Waals surface area contributed by atoms with Gasteiger partial charge in [0, 0.05) is 13.0 Å². The molecule has 13 heavy (non-hydrogen) atoms. The molecular weight excluding hydrogens is 172 g/mol. The van der Waals surface area contributed by atoms with Crippen molar-refractivity contribution in [2.75, 3.05) is 0 Å². The van der Waals surface area contributed by atoms with Crippen molar-refractivity contribution in [3.05, 3.63) is 18.2 Å². The van der Waals surface area contributed by atoms with Crippen LogP contribution in [0.2, 0.25) is 0 Å². The molecule has 1 aliphatic rings. The van der Waals surface area contributed by atoms with E-state index in [9.17, 15) is 15.3 Å². The predicted molar refractivity (Wildman–Crippen MR) is 43.8 cm³/mol. The Balaban J connectivity index is 2.36. The van der Waals surface area contributed by atoms with Crippen molar-refractivity contribution in [2.24, 2.45) is 0 Å². The lowest BCUT2D eigenvalue weighted by molar-refractivity contribution is -0.00697. The van der Waals surface area contributed by atoms with Gasteiger partial charge in [0.1, 0.15) is 6.10 Å². The minimum absolute atomic E-state index is 0.197. The van der Waals surface area contributed by atoms with E-state index in [1.54, 1.807) is 10.9 Å². The van der Waals surface area contributed by atoms with Crippen molar-refractivity contribution >= 4 is 0 Å². The molecule has 0 spiro atoms. The number of aromatic nitrogens is 2. The molecule has 0 aliphatic carbocycles. The molecule has 0 radical (unpaired) electrons. The highest BCUT2D eigenvalue weighted by Crippen LogP contribution is 2.23. The molecule has 0 saturated carbocycles. The standard InChI is InChI=1S/C8H12N2O3/c11-5-1-7(12)8(13)6-2-9-4-10(6)3-5/h2,4-5,7-8,11-13H,1,3H2/t5-,7-,8+/m1/s1. The Hall–Kier alpha value is -0.910. The Bertz CT molecular complexity index is 299. The lowest BCUT2D eigenvalue weighted by Crippen LogP contribution is -2.21. The second kappa shape index (κ2) is 3.10. The van der Waals surface area contributed by atoms with Crippen LogP contribution in [0.3, 0.4) is 0 Å². The molecule has 0 aromatic carbocycles. The van der Waals surface area contributed by atoms with Gasteiger partial charge < -0.3 is 19.9 Å². The highest BCUT2D eigenvalue weighted by atomic mass is 16.3. The quantitative estimate of drug-likeness (QED) is 0.485. The number of nitrogens with zero attached hydrogens (tertiary/aromatic N) is 2. The zero-order valence-corrected chi connectivity index (χ0v) is 7.04. The summed E-state index contributed by atoms with van der Waals surface area (Å²) in [5.41, 5.74) is 0.559. The molecule has 1 aromatic heterocycles. The number of fused-ring (bicyclic) bond motifs is 1. The zero-order chi connectivity index (χ0) is 9.42. The van der Waals surface area contributed by atoms with E-state index in [0.717, 1.165) is 0 Å². The molecule has 5 heteroatoms. The van der Waals surface area contributed by atoms with Gasteiger partial charge in [-0.25, -0.2) is 4.98 Å². The van der Waals surface area contributed by atoms with Crippen LogP contribution in [0.25, 0.3) is 0 Å². The molecule has 72 valence electrons. The van der Waals surface area contributed by atoms with Crippen molar-refractivity contribution in [1.82, 2.24) is 9.55 Å².